The molecule has 0 aliphatic rings. The van der Waals surface area contributed by atoms with E-state index in [1.807, 2.05) is 13.8 Å². The molecule has 0 spiro atoms. The average molecular weight is 331 g/mol. The second kappa shape index (κ2) is 5.27. The van der Waals surface area contributed by atoms with Gasteiger partial charge in [0.2, 0.25) is 5.13 Å². The Morgan fingerprint density at radius 3 is 2.89 bits per heavy atom. The third kappa shape index (κ3) is 3.02. The van der Waals surface area contributed by atoms with Gasteiger partial charge in [0.05, 0.1) is 0 Å². The highest BCUT2D eigenvalue weighted by Gasteiger charge is 2.24. The second-order valence-electron chi connectivity index (χ2n) is 4.53. The molecule has 18 heavy (non-hydrogen) atoms. The number of halogens is 2. The van der Waals surface area contributed by atoms with Gasteiger partial charge in [-0.15, -0.1) is 0 Å². The van der Waals surface area contributed by atoms with Crippen molar-refractivity contribution in [3.63, 3.8) is 0 Å². The number of hydrogen-bond donors (Lipinski definition) is 1. The molecule has 4 nitrogen and oxygen atoms in total. The molecule has 0 radical (unpaired) electrons. The van der Waals surface area contributed by atoms with Gasteiger partial charge in [0, 0.05) is 28.0 Å². The van der Waals surface area contributed by atoms with Crippen molar-refractivity contribution in [3.8, 4) is 0 Å². The lowest BCUT2D eigenvalue weighted by Crippen LogP contribution is -2.28. The van der Waals surface area contributed by atoms with Crippen molar-refractivity contribution in [3.05, 3.63) is 34.1 Å². The standard InChI is InChI=1S/C11H12BrFN4S/c1-11(2,6-14-10-15-16-17-18-10)8-5-7(12)3-4-9(8)13/h3-5H,6H2,1-2H3,(H,14,15,17). The minimum absolute atomic E-state index is 0.208. The summed E-state index contributed by atoms with van der Waals surface area (Å²) in [7, 11) is 0. The van der Waals surface area contributed by atoms with Gasteiger partial charge in [-0.05, 0) is 29.0 Å². The van der Waals surface area contributed by atoms with Crippen molar-refractivity contribution in [1.29, 1.82) is 0 Å². The molecule has 0 bridgehead atoms. The number of rotatable bonds is 4. The molecular formula is C11H12BrFN4S. The first-order valence-corrected chi connectivity index (χ1v) is 6.90. The Morgan fingerprint density at radius 2 is 2.22 bits per heavy atom. The topological polar surface area (TPSA) is 50.7 Å². The SMILES string of the molecule is CC(C)(CNc1nnns1)c1cc(Br)ccc1F. The molecule has 1 heterocycles. The molecule has 0 aliphatic heterocycles. The molecule has 1 aromatic carbocycles. The molecule has 7 heteroatoms. The van der Waals surface area contributed by atoms with E-state index in [1.165, 1.54) is 17.6 Å². The Kier molecular flexibility index (Phi) is 3.91. The quantitative estimate of drug-likeness (QED) is 0.935. The zero-order valence-corrected chi connectivity index (χ0v) is 12.3. The van der Waals surface area contributed by atoms with Crippen LogP contribution < -0.4 is 5.32 Å². The Bertz CT molecular complexity index is 530. The highest BCUT2D eigenvalue weighted by molar-refractivity contribution is 9.10. The molecule has 0 aliphatic carbocycles. The first kappa shape index (κ1) is 13.4. The molecule has 1 aromatic heterocycles. The van der Waals surface area contributed by atoms with Gasteiger partial charge in [-0.3, -0.25) is 0 Å². The van der Waals surface area contributed by atoms with Crippen LogP contribution in [-0.4, -0.2) is 21.3 Å². The maximum Gasteiger partial charge on any atom is 0.225 e. The molecule has 1 N–H and O–H groups in total. The number of benzene rings is 1. The van der Waals surface area contributed by atoms with Gasteiger partial charge < -0.3 is 5.32 Å². The lowest BCUT2D eigenvalue weighted by molar-refractivity contribution is 0.504. The maximum atomic E-state index is 13.8. The molecular weight excluding hydrogens is 319 g/mol. The lowest BCUT2D eigenvalue weighted by Gasteiger charge is -2.26. The second-order valence-corrected chi connectivity index (χ2v) is 6.18. The molecule has 2 rings (SSSR count). The van der Waals surface area contributed by atoms with E-state index >= 15 is 0 Å². The van der Waals surface area contributed by atoms with E-state index in [1.54, 1.807) is 12.1 Å². The monoisotopic (exact) mass is 330 g/mol. The van der Waals surface area contributed by atoms with Gasteiger partial charge in [0.25, 0.3) is 0 Å². The first-order valence-electron chi connectivity index (χ1n) is 5.33. The minimum Gasteiger partial charge on any atom is -0.358 e. The Balaban J connectivity index is 2.16. The van der Waals surface area contributed by atoms with E-state index < -0.39 is 0 Å². The van der Waals surface area contributed by atoms with E-state index in [4.69, 9.17) is 0 Å². The van der Waals surface area contributed by atoms with Crippen LogP contribution in [-0.2, 0) is 5.41 Å². The smallest absolute Gasteiger partial charge is 0.225 e. The first-order chi connectivity index (χ1) is 8.49. The molecule has 0 amide bonds. The van der Waals surface area contributed by atoms with Crippen molar-refractivity contribution >= 4 is 32.6 Å². The Morgan fingerprint density at radius 1 is 1.44 bits per heavy atom. The van der Waals surface area contributed by atoms with Crippen molar-refractivity contribution in [2.75, 3.05) is 11.9 Å². The number of nitrogens with zero attached hydrogens (tertiary/aromatic N) is 3. The number of nitrogens with one attached hydrogen (secondary N) is 1. The summed E-state index contributed by atoms with van der Waals surface area (Å²) in [5.41, 5.74) is 0.293. The van der Waals surface area contributed by atoms with Crippen LogP contribution in [0.15, 0.2) is 22.7 Å². The van der Waals surface area contributed by atoms with Crippen LogP contribution in [0.5, 0.6) is 0 Å². The lowest BCUT2D eigenvalue weighted by atomic mass is 9.84. The fourth-order valence-corrected chi connectivity index (χ4v) is 2.33. The summed E-state index contributed by atoms with van der Waals surface area (Å²) in [6, 6.07) is 4.96. The highest BCUT2D eigenvalue weighted by atomic mass is 79.9. The molecule has 0 saturated heterocycles. The molecule has 0 fully saturated rings. The molecule has 0 unspecified atom stereocenters. The molecule has 0 atom stereocenters. The predicted octanol–water partition coefficient (Wildman–Crippen LogP) is 3.22. The fourth-order valence-electron chi connectivity index (χ4n) is 1.61. The van der Waals surface area contributed by atoms with Gasteiger partial charge in [-0.2, -0.15) is 0 Å². The van der Waals surface area contributed by atoms with Gasteiger partial charge in [0.15, 0.2) is 0 Å². The molecule has 96 valence electrons. The normalized spacial score (nSPS) is 11.6. The average Bonchev–Trinajstić information content (AvgIpc) is 2.83. The fraction of sp³-hybridized carbons (Fsp3) is 0.364. The number of hydrogen-bond acceptors (Lipinski definition) is 5. The Labute approximate surface area is 117 Å². The van der Waals surface area contributed by atoms with Crippen molar-refractivity contribution in [2.45, 2.75) is 19.3 Å². The van der Waals surface area contributed by atoms with Crippen molar-refractivity contribution in [1.82, 2.24) is 14.8 Å². The zero-order valence-electron chi connectivity index (χ0n) is 9.94. The minimum atomic E-state index is -0.362. The van der Waals surface area contributed by atoms with E-state index in [9.17, 15) is 4.39 Å². The van der Waals surface area contributed by atoms with Crippen LogP contribution in [0.1, 0.15) is 19.4 Å². The van der Waals surface area contributed by atoms with Crippen LogP contribution >= 0.6 is 27.5 Å². The van der Waals surface area contributed by atoms with Crippen LogP contribution in [0.4, 0.5) is 9.52 Å². The molecule has 0 saturated carbocycles. The summed E-state index contributed by atoms with van der Waals surface area (Å²) in [6.45, 7) is 4.50. The van der Waals surface area contributed by atoms with Gasteiger partial charge in [-0.1, -0.05) is 39.4 Å². The maximum absolute atomic E-state index is 13.8. The summed E-state index contributed by atoms with van der Waals surface area (Å²) in [5.74, 6) is -0.208. The van der Waals surface area contributed by atoms with Crippen LogP contribution in [0.2, 0.25) is 0 Å². The number of anilines is 1. The largest absolute Gasteiger partial charge is 0.358 e. The van der Waals surface area contributed by atoms with E-state index in [0.717, 1.165) is 4.47 Å². The van der Waals surface area contributed by atoms with Crippen LogP contribution in [0.25, 0.3) is 0 Å². The third-order valence-corrected chi connectivity index (χ3v) is 3.69. The van der Waals surface area contributed by atoms with Gasteiger partial charge in [-0.25, -0.2) is 4.39 Å². The van der Waals surface area contributed by atoms with Gasteiger partial charge in [0.1, 0.15) is 5.82 Å². The van der Waals surface area contributed by atoms with E-state index in [2.05, 4.69) is 36.0 Å². The summed E-state index contributed by atoms with van der Waals surface area (Å²) in [6.07, 6.45) is 0. The van der Waals surface area contributed by atoms with Crippen LogP contribution in [0.3, 0.4) is 0 Å². The van der Waals surface area contributed by atoms with Gasteiger partial charge >= 0.3 is 0 Å². The molecule has 2 aromatic rings. The van der Waals surface area contributed by atoms with Crippen molar-refractivity contribution < 1.29 is 4.39 Å². The summed E-state index contributed by atoms with van der Waals surface area (Å²) in [4.78, 5) is 0. The number of aromatic nitrogens is 3. The van der Waals surface area contributed by atoms with Crippen molar-refractivity contribution in [2.24, 2.45) is 0 Å². The highest BCUT2D eigenvalue weighted by Crippen LogP contribution is 2.28. The Hall–Kier alpha value is -1.08. The van der Waals surface area contributed by atoms with E-state index in [-0.39, 0.29) is 11.2 Å². The predicted molar refractivity (Wildman–Crippen MR) is 73.3 cm³/mol. The van der Waals surface area contributed by atoms with E-state index in [0.29, 0.717) is 17.2 Å². The van der Waals surface area contributed by atoms with Crippen LogP contribution in [0, 0.1) is 5.82 Å². The summed E-state index contributed by atoms with van der Waals surface area (Å²) in [5, 5.41) is 11.0. The summed E-state index contributed by atoms with van der Waals surface area (Å²) >= 11 is 4.54. The zero-order chi connectivity index (χ0) is 13.2. The summed E-state index contributed by atoms with van der Waals surface area (Å²) < 4.78 is 18.4. The third-order valence-electron chi connectivity index (χ3n) is 2.64.